The van der Waals surface area contributed by atoms with E-state index < -0.39 is 10.0 Å². The third-order valence-corrected chi connectivity index (χ3v) is 4.52. The molecule has 20 heavy (non-hydrogen) atoms. The van der Waals surface area contributed by atoms with Crippen molar-refractivity contribution in [3.8, 4) is 0 Å². The maximum Gasteiger partial charge on any atom is 0.240 e. The Labute approximate surface area is 119 Å². The lowest BCUT2D eigenvalue weighted by Crippen LogP contribution is -2.24. The predicted octanol–water partition coefficient (Wildman–Crippen LogP) is 2.29. The van der Waals surface area contributed by atoms with E-state index in [1.54, 1.807) is 30.3 Å². The van der Waals surface area contributed by atoms with E-state index in [1.807, 2.05) is 0 Å². The van der Waals surface area contributed by atoms with Gasteiger partial charge in [0.1, 0.15) is 5.82 Å². The van der Waals surface area contributed by atoms with Crippen LogP contribution in [0.15, 0.2) is 35.2 Å². The molecule has 1 aromatic carbocycles. The number of nitrogens with two attached hydrogens (primary N) is 1. The van der Waals surface area contributed by atoms with Gasteiger partial charge in [0.05, 0.1) is 10.4 Å². The van der Waals surface area contributed by atoms with Crippen LogP contribution in [0.1, 0.15) is 26.2 Å². The minimum atomic E-state index is -3.45. The van der Waals surface area contributed by atoms with Crippen LogP contribution in [0.5, 0.6) is 0 Å². The maximum absolute atomic E-state index is 12.1. The van der Waals surface area contributed by atoms with Crippen molar-refractivity contribution in [1.82, 2.24) is 9.71 Å². The zero-order chi connectivity index (χ0) is 14.6. The summed E-state index contributed by atoms with van der Waals surface area (Å²) in [6.07, 6.45) is 2.93. The van der Waals surface area contributed by atoms with Gasteiger partial charge in [-0.3, -0.25) is 0 Å². The van der Waals surface area contributed by atoms with Gasteiger partial charge in [0.2, 0.25) is 10.0 Å². The number of unbranched alkanes of at least 4 members (excludes halogenated alkanes) is 2. The summed E-state index contributed by atoms with van der Waals surface area (Å²) in [4.78, 5) is 4.41. The fourth-order valence-electron chi connectivity index (χ4n) is 1.95. The molecule has 0 amide bonds. The molecule has 2 rings (SSSR count). The van der Waals surface area contributed by atoms with E-state index in [9.17, 15) is 8.42 Å². The molecule has 0 aliphatic heterocycles. The molecule has 0 saturated heterocycles. The van der Waals surface area contributed by atoms with Crippen molar-refractivity contribution in [1.29, 1.82) is 0 Å². The Morgan fingerprint density at radius 2 is 2.00 bits per heavy atom. The van der Waals surface area contributed by atoms with Gasteiger partial charge in [-0.05, 0) is 36.8 Å². The largest absolute Gasteiger partial charge is 0.384 e. The number of benzene rings is 1. The normalized spacial score (nSPS) is 11.8. The monoisotopic (exact) mass is 293 g/mol. The Morgan fingerprint density at radius 3 is 2.75 bits per heavy atom. The van der Waals surface area contributed by atoms with Crippen molar-refractivity contribution in [2.24, 2.45) is 0 Å². The minimum Gasteiger partial charge on any atom is -0.384 e. The molecule has 2 aromatic rings. The number of sulfonamides is 1. The van der Waals surface area contributed by atoms with E-state index in [-0.39, 0.29) is 4.90 Å². The third kappa shape index (κ3) is 3.46. The minimum absolute atomic E-state index is 0.257. The first kappa shape index (κ1) is 14.7. The van der Waals surface area contributed by atoms with Gasteiger partial charge in [-0.2, -0.15) is 0 Å². The van der Waals surface area contributed by atoms with E-state index in [0.717, 1.165) is 24.6 Å². The van der Waals surface area contributed by atoms with Crippen LogP contribution in [-0.2, 0) is 10.0 Å². The molecule has 0 atom stereocenters. The van der Waals surface area contributed by atoms with Crippen LogP contribution in [-0.4, -0.2) is 19.9 Å². The maximum atomic E-state index is 12.1. The zero-order valence-electron chi connectivity index (χ0n) is 11.5. The second-order valence-corrected chi connectivity index (χ2v) is 6.46. The lowest BCUT2D eigenvalue weighted by Gasteiger charge is -2.07. The molecule has 108 valence electrons. The van der Waals surface area contributed by atoms with Gasteiger partial charge in [0.25, 0.3) is 0 Å². The molecule has 0 bridgehead atoms. The summed E-state index contributed by atoms with van der Waals surface area (Å²) in [7, 11) is -3.45. The number of hydrogen-bond donors (Lipinski definition) is 2. The van der Waals surface area contributed by atoms with Gasteiger partial charge in [0, 0.05) is 11.9 Å². The van der Waals surface area contributed by atoms with Crippen molar-refractivity contribution in [3.05, 3.63) is 30.3 Å². The fourth-order valence-corrected chi connectivity index (χ4v) is 3.06. The predicted molar refractivity (Wildman–Crippen MR) is 80.9 cm³/mol. The molecule has 0 fully saturated rings. The van der Waals surface area contributed by atoms with Crippen molar-refractivity contribution in [3.63, 3.8) is 0 Å². The van der Waals surface area contributed by atoms with E-state index in [1.165, 1.54) is 0 Å². The number of anilines is 1. The van der Waals surface area contributed by atoms with Crippen molar-refractivity contribution in [2.45, 2.75) is 31.1 Å². The fraction of sp³-hybridized carbons (Fsp3) is 0.357. The number of pyridine rings is 1. The topological polar surface area (TPSA) is 85.1 Å². The molecule has 0 saturated carbocycles. The van der Waals surface area contributed by atoms with Crippen LogP contribution in [0.3, 0.4) is 0 Å². The molecular formula is C14H19N3O2S. The highest BCUT2D eigenvalue weighted by molar-refractivity contribution is 7.89. The highest BCUT2D eigenvalue weighted by Gasteiger charge is 2.13. The summed E-state index contributed by atoms with van der Waals surface area (Å²) in [5.41, 5.74) is 6.29. The Hall–Kier alpha value is -1.66. The van der Waals surface area contributed by atoms with Crippen LogP contribution in [0.2, 0.25) is 0 Å². The van der Waals surface area contributed by atoms with Gasteiger partial charge < -0.3 is 5.73 Å². The number of nitrogens with zero attached hydrogens (tertiary/aromatic N) is 1. The van der Waals surface area contributed by atoms with Crippen molar-refractivity contribution >= 4 is 26.7 Å². The van der Waals surface area contributed by atoms with E-state index in [4.69, 9.17) is 5.73 Å². The summed E-state index contributed by atoms with van der Waals surface area (Å²) in [5, 5.41) is 0.760. The number of rotatable bonds is 6. The molecule has 0 radical (unpaired) electrons. The number of hydrogen-bond acceptors (Lipinski definition) is 4. The summed E-state index contributed by atoms with van der Waals surface area (Å²) >= 11 is 0. The number of fused-ring (bicyclic) bond motifs is 1. The quantitative estimate of drug-likeness (QED) is 0.800. The molecular weight excluding hydrogens is 274 g/mol. The van der Waals surface area contributed by atoms with Gasteiger partial charge in [-0.25, -0.2) is 18.1 Å². The summed E-state index contributed by atoms with van der Waals surface area (Å²) in [5.74, 6) is 0.422. The molecule has 5 nitrogen and oxygen atoms in total. The highest BCUT2D eigenvalue weighted by Crippen LogP contribution is 2.18. The van der Waals surface area contributed by atoms with E-state index in [0.29, 0.717) is 17.9 Å². The average molecular weight is 293 g/mol. The molecule has 0 aliphatic carbocycles. The smallest absolute Gasteiger partial charge is 0.240 e. The second kappa shape index (κ2) is 6.19. The standard InChI is InChI=1S/C14H19N3O2S/c1-2-3-4-9-16-20(18,19)12-6-7-13-11(10-12)5-8-14(15)17-13/h5-8,10,16H,2-4,9H2,1H3,(H2,15,17). The number of nitrogen functional groups attached to an aromatic ring is 1. The van der Waals surface area contributed by atoms with E-state index in [2.05, 4.69) is 16.6 Å². The van der Waals surface area contributed by atoms with Gasteiger partial charge in [0.15, 0.2) is 0 Å². The van der Waals surface area contributed by atoms with Gasteiger partial charge >= 0.3 is 0 Å². The molecule has 1 heterocycles. The molecule has 0 aliphatic rings. The lowest BCUT2D eigenvalue weighted by molar-refractivity contribution is 0.576. The molecule has 1 aromatic heterocycles. The zero-order valence-corrected chi connectivity index (χ0v) is 12.3. The van der Waals surface area contributed by atoms with Crippen LogP contribution < -0.4 is 10.5 Å². The lowest BCUT2D eigenvalue weighted by atomic mass is 10.2. The molecule has 3 N–H and O–H groups in total. The summed E-state index contributed by atoms with van der Waals surface area (Å²) in [6, 6.07) is 8.27. The molecule has 0 spiro atoms. The summed E-state index contributed by atoms with van der Waals surface area (Å²) in [6.45, 7) is 2.55. The van der Waals surface area contributed by atoms with E-state index >= 15 is 0 Å². The SMILES string of the molecule is CCCCCNS(=O)(=O)c1ccc2nc(N)ccc2c1. The number of aromatic nitrogens is 1. The number of nitrogens with one attached hydrogen (secondary N) is 1. The van der Waals surface area contributed by atoms with Crippen molar-refractivity contribution in [2.75, 3.05) is 12.3 Å². The van der Waals surface area contributed by atoms with Gasteiger partial charge in [-0.1, -0.05) is 19.8 Å². The highest BCUT2D eigenvalue weighted by atomic mass is 32.2. The summed E-state index contributed by atoms with van der Waals surface area (Å²) < 4.78 is 26.9. The Bertz CT molecular complexity index is 699. The Morgan fingerprint density at radius 1 is 1.20 bits per heavy atom. The molecule has 0 unspecified atom stereocenters. The molecule has 6 heteroatoms. The first-order chi connectivity index (χ1) is 9.53. The van der Waals surface area contributed by atoms with Crippen LogP contribution in [0.25, 0.3) is 10.9 Å². The first-order valence-electron chi connectivity index (χ1n) is 6.69. The van der Waals surface area contributed by atoms with Crippen LogP contribution >= 0.6 is 0 Å². The third-order valence-electron chi connectivity index (χ3n) is 3.06. The average Bonchev–Trinajstić information content (AvgIpc) is 2.43. The Kier molecular flexibility index (Phi) is 4.57. The Balaban J connectivity index is 2.21. The van der Waals surface area contributed by atoms with Gasteiger partial charge in [-0.15, -0.1) is 0 Å². The van der Waals surface area contributed by atoms with Crippen molar-refractivity contribution < 1.29 is 8.42 Å². The first-order valence-corrected chi connectivity index (χ1v) is 8.17. The second-order valence-electron chi connectivity index (χ2n) is 4.70. The van der Waals surface area contributed by atoms with Crippen LogP contribution in [0.4, 0.5) is 5.82 Å². The van der Waals surface area contributed by atoms with Crippen LogP contribution in [0, 0.1) is 0 Å².